The van der Waals surface area contributed by atoms with E-state index in [9.17, 15) is 13.2 Å². The lowest BCUT2D eigenvalue weighted by molar-refractivity contribution is -0.274. The molecular weight excluding hydrogens is 357 g/mol. The molecular formula is C14H9F3N6OS. The molecule has 0 spiro atoms. The third-order valence-electron chi connectivity index (χ3n) is 3.29. The van der Waals surface area contributed by atoms with Gasteiger partial charge in [0.1, 0.15) is 10.8 Å². The lowest BCUT2D eigenvalue weighted by atomic mass is 10.2. The summed E-state index contributed by atoms with van der Waals surface area (Å²) in [6.07, 6.45) is -1.27. The number of hydrogen-bond acceptors (Lipinski definition) is 6. The molecule has 0 aliphatic rings. The summed E-state index contributed by atoms with van der Waals surface area (Å²) in [4.78, 5) is 0.574. The van der Waals surface area contributed by atoms with Crippen LogP contribution in [0.15, 0.2) is 36.7 Å². The molecule has 4 aromatic rings. The maximum absolute atomic E-state index is 12.2. The van der Waals surface area contributed by atoms with E-state index in [0.717, 1.165) is 5.56 Å². The third-order valence-corrected chi connectivity index (χ3v) is 4.24. The number of aromatic nitrogens is 6. The number of benzene rings is 1. The van der Waals surface area contributed by atoms with E-state index in [0.29, 0.717) is 21.4 Å². The zero-order valence-corrected chi connectivity index (χ0v) is 13.4. The molecule has 1 aromatic carbocycles. The van der Waals surface area contributed by atoms with Gasteiger partial charge in [0, 0.05) is 18.8 Å². The van der Waals surface area contributed by atoms with Gasteiger partial charge in [-0.25, -0.2) is 0 Å². The molecule has 11 heteroatoms. The van der Waals surface area contributed by atoms with E-state index in [-0.39, 0.29) is 5.75 Å². The minimum atomic E-state index is -4.71. The highest BCUT2D eigenvalue weighted by atomic mass is 32.1. The largest absolute Gasteiger partial charge is 0.573 e. The Morgan fingerprint density at radius 1 is 1.08 bits per heavy atom. The molecule has 25 heavy (non-hydrogen) atoms. The predicted octanol–water partition coefficient (Wildman–Crippen LogP) is 3.15. The highest BCUT2D eigenvalue weighted by Gasteiger charge is 2.31. The van der Waals surface area contributed by atoms with E-state index in [4.69, 9.17) is 0 Å². The predicted molar refractivity (Wildman–Crippen MR) is 83.0 cm³/mol. The van der Waals surface area contributed by atoms with Crippen molar-refractivity contribution in [3.63, 3.8) is 0 Å². The van der Waals surface area contributed by atoms with Crippen molar-refractivity contribution in [1.29, 1.82) is 0 Å². The number of nitrogens with zero attached hydrogens (tertiary/aromatic N) is 6. The zero-order valence-electron chi connectivity index (χ0n) is 12.6. The van der Waals surface area contributed by atoms with E-state index in [1.807, 2.05) is 0 Å². The summed E-state index contributed by atoms with van der Waals surface area (Å²) in [6.45, 7) is 0. The van der Waals surface area contributed by atoms with Crippen molar-refractivity contribution in [2.24, 2.45) is 7.05 Å². The summed E-state index contributed by atoms with van der Waals surface area (Å²) in [6, 6.07) is 5.51. The van der Waals surface area contributed by atoms with Gasteiger partial charge in [0.15, 0.2) is 5.82 Å². The Morgan fingerprint density at radius 2 is 1.84 bits per heavy atom. The number of fused-ring (bicyclic) bond motifs is 1. The maximum atomic E-state index is 12.2. The monoisotopic (exact) mass is 366 g/mol. The fourth-order valence-corrected chi connectivity index (χ4v) is 3.09. The molecule has 4 rings (SSSR count). The van der Waals surface area contributed by atoms with Crippen LogP contribution in [0.25, 0.3) is 26.9 Å². The molecule has 0 aliphatic heterocycles. The van der Waals surface area contributed by atoms with Crippen LogP contribution in [-0.2, 0) is 7.05 Å². The number of alkyl halides is 3. The number of aryl methyl sites for hydroxylation is 1. The molecule has 0 radical (unpaired) electrons. The summed E-state index contributed by atoms with van der Waals surface area (Å²) < 4.78 is 43.7. The zero-order chi connectivity index (χ0) is 17.6. The molecule has 3 aromatic heterocycles. The van der Waals surface area contributed by atoms with Crippen molar-refractivity contribution in [1.82, 2.24) is 29.6 Å². The van der Waals surface area contributed by atoms with Crippen LogP contribution >= 0.6 is 11.3 Å². The average Bonchev–Trinajstić information content (AvgIpc) is 3.21. The first kappa shape index (κ1) is 15.6. The summed E-state index contributed by atoms with van der Waals surface area (Å²) >= 11 is 1.28. The second kappa shape index (κ2) is 5.55. The van der Waals surface area contributed by atoms with Gasteiger partial charge in [-0.2, -0.15) is 14.7 Å². The quantitative estimate of drug-likeness (QED) is 0.557. The smallest absolute Gasteiger partial charge is 0.406 e. The third kappa shape index (κ3) is 3.05. The molecule has 0 saturated carbocycles. The fraction of sp³-hybridized carbons (Fsp3) is 0.143. The Bertz CT molecular complexity index is 1030. The summed E-state index contributed by atoms with van der Waals surface area (Å²) in [5.41, 5.74) is 1.42. The molecule has 0 saturated heterocycles. The lowest BCUT2D eigenvalue weighted by Crippen LogP contribution is -2.16. The topological polar surface area (TPSA) is 70.1 Å². The summed E-state index contributed by atoms with van der Waals surface area (Å²) in [5, 5.41) is 17.3. The van der Waals surface area contributed by atoms with Gasteiger partial charge >= 0.3 is 6.36 Å². The fourth-order valence-electron chi connectivity index (χ4n) is 2.25. The van der Waals surface area contributed by atoms with Crippen LogP contribution in [0.1, 0.15) is 0 Å². The van der Waals surface area contributed by atoms with E-state index >= 15 is 0 Å². The minimum Gasteiger partial charge on any atom is -0.406 e. The van der Waals surface area contributed by atoms with Crippen molar-refractivity contribution >= 4 is 16.3 Å². The van der Waals surface area contributed by atoms with Crippen molar-refractivity contribution < 1.29 is 17.9 Å². The number of rotatable bonds is 3. The van der Waals surface area contributed by atoms with Crippen LogP contribution in [0.3, 0.4) is 0 Å². The molecule has 0 atom stereocenters. The lowest BCUT2D eigenvalue weighted by Gasteiger charge is -2.08. The SMILES string of the molecule is Cn1cc(-c2nnc3sc(-c4ccc(OC(F)(F)F)cc4)nn23)cn1. The van der Waals surface area contributed by atoms with Crippen molar-refractivity contribution in [2.45, 2.75) is 6.36 Å². The molecule has 0 bridgehead atoms. The van der Waals surface area contributed by atoms with Crippen LogP contribution in [0, 0.1) is 0 Å². The summed E-state index contributed by atoms with van der Waals surface area (Å²) in [7, 11) is 1.79. The van der Waals surface area contributed by atoms with Crippen LogP contribution in [0.4, 0.5) is 13.2 Å². The summed E-state index contributed by atoms with van der Waals surface area (Å²) in [5.74, 6) is 0.262. The van der Waals surface area contributed by atoms with Gasteiger partial charge < -0.3 is 4.74 Å². The maximum Gasteiger partial charge on any atom is 0.573 e. The second-order valence-electron chi connectivity index (χ2n) is 5.10. The molecule has 3 heterocycles. The first-order chi connectivity index (χ1) is 11.9. The second-order valence-corrected chi connectivity index (χ2v) is 6.06. The molecule has 0 fully saturated rings. The average molecular weight is 366 g/mol. The van der Waals surface area contributed by atoms with E-state index in [1.54, 1.807) is 28.6 Å². The highest BCUT2D eigenvalue weighted by Crippen LogP contribution is 2.30. The van der Waals surface area contributed by atoms with Gasteiger partial charge in [0.05, 0.1) is 11.8 Å². The molecule has 128 valence electrons. The van der Waals surface area contributed by atoms with E-state index < -0.39 is 6.36 Å². The Labute approximate surface area is 142 Å². The van der Waals surface area contributed by atoms with Gasteiger partial charge in [-0.15, -0.1) is 23.4 Å². The van der Waals surface area contributed by atoms with Gasteiger partial charge in [0.25, 0.3) is 0 Å². The van der Waals surface area contributed by atoms with E-state index in [1.165, 1.54) is 35.6 Å². The molecule has 0 aliphatic carbocycles. The van der Waals surface area contributed by atoms with Crippen molar-refractivity contribution in [3.8, 4) is 27.7 Å². The minimum absolute atomic E-state index is 0.282. The molecule has 0 amide bonds. The Kier molecular flexibility index (Phi) is 3.46. The Balaban J connectivity index is 1.67. The highest BCUT2D eigenvalue weighted by molar-refractivity contribution is 7.19. The van der Waals surface area contributed by atoms with Gasteiger partial charge in [-0.1, -0.05) is 11.3 Å². The van der Waals surface area contributed by atoms with Gasteiger partial charge in [-0.3, -0.25) is 4.68 Å². The van der Waals surface area contributed by atoms with Crippen molar-refractivity contribution in [3.05, 3.63) is 36.7 Å². The van der Waals surface area contributed by atoms with Crippen LogP contribution in [0.2, 0.25) is 0 Å². The van der Waals surface area contributed by atoms with Gasteiger partial charge in [0.2, 0.25) is 4.96 Å². The Morgan fingerprint density at radius 3 is 2.48 bits per heavy atom. The van der Waals surface area contributed by atoms with Crippen LogP contribution in [0.5, 0.6) is 5.75 Å². The number of hydrogen-bond donors (Lipinski definition) is 0. The first-order valence-corrected chi connectivity index (χ1v) is 7.78. The molecule has 0 N–H and O–H groups in total. The van der Waals surface area contributed by atoms with E-state index in [2.05, 4.69) is 25.1 Å². The first-order valence-electron chi connectivity index (χ1n) is 6.96. The van der Waals surface area contributed by atoms with Crippen LogP contribution in [-0.4, -0.2) is 36.0 Å². The number of ether oxygens (including phenoxy) is 1. The van der Waals surface area contributed by atoms with Crippen LogP contribution < -0.4 is 4.74 Å². The normalized spacial score (nSPS) is 12.0. The Hall–Kier alpha value is -2.95. The standard InChI is InChI=1S/C14H9F3N6OS/c1-22-7-9(6-18-22)11-19-20-13-23(11)21-12(25-13)8-2-4-10(5-3-8)24-14(15,16)17/h2-7H,1H3. The molecule has 0 unspecified atom stereocenters. The van der Waals surface area contributed by atoms with Crippen molar-refractivity contribution in [2.75, 3.05) is 0 Å². The van der Waals surface area contributed by atoms with Gasteiger partial charge in [-0.05, 0) is 24.3 Å². The number of halogens is 3. The molecule has 7 nitrogen and oxygen atoms in total.